The summed E-state index contributed by atoms with van der Waals surface area (Å²) in [5.74, 6) is 1.33. The molecule has 1 N–H and O–H groups in total. The number of amides is 1. The Morgan fingerprint density at radius 1 is 1.67 bits per heavy atom. The van der Waals surface area contributed by atoms with Gasteiger partial charge in [-0.05, 0) is 11.4 Å². The molecular weight excluding hydrogens is 270 g/mol. The Kier molecular flexibility index (Phi) is 7.34. The Morgan fingerprint density at radius 2 is 2.44 bits per heavy atom. The number of likely N-dealkylation sites (N-methyl/N-ethyl adjacent to an activating group) is 1. The van der Waals surface area contributed by atoms with Gasteiger partial charge in [0, 0.05) is 31.3 Å². The number of aliphatic hydroxyl groups is 1. The van der Waals surface area contributed by atoms with Gasteiger partial charge in [-0.3, -0.25) is 4.79 Å². The second-order valence-corrected chi connectivity index (χ2v) is 5.97. The van der Waals surface area contributed by atoms with Crippen LogP contribution in [0.1, 0.15) is 4.88 Å². The molecule has 0 bridgehead atoms. The molecule has 0 aliphatic rings. The zero-order valence-electron chi connectivity index (χ0n) is 10.7. The van der Waals surface area contributed by atoms with Crippen molar-refractivity contribution in [2.24, 2.45) is 0 Å². The third-order valence-corrected chi connectivity index (χ3v) is 4.34. The molecule has 1 unspecified atom stereocenters. The molecule has 1 aromatic rings. The van der Waals surface area contributed by atoms with Crippen molar-refractivity contribution in [1.29, 1.82) is 0 Å². The summed E-state index contributed by atoms with van der Waals surface area (Å²) >= 11 is 3.29. The van der Waals surface area contributed by atoms with Crippen molar-refractivity contribution in [2.45, 2.75) is 11.9 Å². The van der Waals surface area contributed by atoms with Crippen LogP contribution in [0, 0.1) is 0 Å². The van der Waals surface area contributed by atoms with Crippen LogP contribution in [0.3, 0.4) is 0 Å². The van der Waals surface area contributed by atoms with Crippen LogP contribution in [0.5, 0.6) is 0 Å². The molecule has 1 heterocycles. The molecule has 0 aliphatic carbocycles. The van der Waals surface area contributed by atoms with Crippen molar-refractivity contribution in [1.82, 2.24) is 4.90 Å². The number of carbonyl (C=O) groups excluding carboxylic acids is 1. The van der Waals surface area contributed by atoms with Crippen LogP contribution >= 0.6 is 23.1 Å². The van der Waals surface area contributed by atoms with E-state index in [0.717, 1.165) is 5.75 Å². The van der Waals surface area contributed by atoms with E-state index in [0.29, 0.717) is 12.3 Å². The molecule has 4 nitrogen and oxygen atoms in total. The first-order chi connectivity index (χ1) is 8.63. The van der Waals surface area contributed by atoms with Gasteiger partial charge in [0.2, 0.25) is 5.91 Å². The first kappa shape index (κ1) is 15.5. The summed E-state index contributed by atoms with van der Waals surface area (Å²) in [6.45, 7) is 0.562. The molecule has 0 radical (unpaired) electrons. The van der Waals surface area contributed by atoms with Crippen molar-refractivity contribution >= 4 is 29.0 Å². The molecule has 1 rings (SSSR count). The van der Waals surface area contributed by atoms with E-state index in [1.54, 1.807) is 35.0 Å². The fourth-order valence-corrected chi connectivity index (χ4v) is 3.21. The van der Waals surface area contributed by atoms with Crippen LogP contribution in [-0.2, 0) is 15.3 Å². The van der Waals surface area contributed by atoms with Crippen LogP contribution in [0.4, 0.5) is 0 Å². The van der Waals surface area contributed by atoms with Crippen molar-refractivity contribution in [2.75, 3.05) is 33.1 Å². The number of thioether (sulfide) groups is 1. The lowest BCUT2D eigenvalue weighted by molar-refractivity contribution is -0.128. The van der Waals surface area contributed by atoms with E-state index >= 15 is 0 Å². The SMILES string of the molecule is COCC(O)CN(C)C(=O)CSCc1cccs1. The summed E-state index contributed by atoms with van der Waals surface area (Å²) in [7, 11) is 3.23. The Bertz CT molecular complexity index is 343. The Balaban J connectivity index is 2.19. The Morgan fingerprint density at radius 3 is 3.06 bits per heavy atom. The summed E-state index contributed by atoms with van der Waals surface area (Å²) in [6, 6.07) is 4.07. The van der Waals surface area contributed by atoms with E-state index in [-0.39, 0.29) is 12.5 Å². The summed E-state index contributed by atoms with van der Waals surface area (Å²) in [4.78, 5) is 14.6. The first-order valence-electron chi connectivity index (χ1n) is 5.64. The van der Waals surface area contributed by atoms with Crippen molar-refractivity contribution in [3.8, 4) is 0 Å². The number of nitrogens with zero attached hydrogens (tertiary/aromatic N) is 1. The van der Waals surface area contributed by atoms with Crippen LogP contribution in [-0.4, -0.2) is 55.1 Å². The monoisotopic (exact) mass is 289 g/mol. The molecule has 0 aliphatic heterocycles. The van der Waals surface area contributed by atoms with E-state index in [1.165, 1.54) is 12.0 Å². The molecule has 0 aromatic carbocycles. The second kappa shape index (κ2) is 8.53. The van der Waals surface area contributed by atoms with Gasteiger partial charge in [-0.2, -0.15) is 0 Å². The van der Waals surface area contributed by atoms with Crippen LogP contribution < -0.4 is 0 Å². The van der Waals surface area contributed by atoms with Gasteiger partial charge in [-0.25, -0.2) is 0 Å². The predicted molar refractivity (Wildman–Crippen MR) is 76.0 cm³/mol. The summed E-state index contributed by atoms with van der Waals surface area (Å²) in [5, 5.41) is 11.6. The van der Waals surface area contributed by atoms with Gasteiger partial charge in [0.25, 0.3) is 0 Å². The number of ether oxygens (including phenoxy) is 1. The quantitative estimate of drug-likeness (QED) is 0.787. The fraction of sp³-hybridized carbons (Fsp3) is 0.583. The van der Waals surface area contributed by atoms with Crippen molar-refractivity contribution < 1.29 is 14.6 Å². The smallest absolute Gasteiger partial charge is 0.232 e. The number of rotatable bonds is 8. The average molecular weight is 289 g/mol. The summed E-state index contributed by atoms with van der Waals surface area (Å²) < 4.78 is 4.82. The average Bonchev–Trinajstić information content (AvgIpc) is 2.82. The number of aliphatic hydroxyl groups excluding tert-OH is 1. The van der Waals surface area contributed by atoms with Gasteiger partial charge in [-0.15, -0.1) is 23.1 Å². The van der Waals surface area contributed by atoms with E-state index in [4.69, 9.17) is 4.74 Å². The van der Waals surface area contributed by atoms with Gasteiger partial charge >= 0.3 is 0 Å². The molecule has 1 aromatic heterocycles. The highest BCUT2D eigenvalue weighted by Crippen LogP contribution is 2.17. The Labute approximate surface area is 116 Å². The third-order valence-electron chi connectivity index (χ3n) is 2.32. The van der Waals surface area contributed by atoms with Crippen LogP contribution in [0.15, 0.2) is 17.5 Å². The zero-order chi connectivity index (χ0) is 13.4. The number of hydrogen-bond acceptors (Lipinski definition) is 5. The normalized spacial score (nSPS) is 12.4. The number of thiophene rings is 1. The molecule has 18 heavy (non-hydrogen) atoms. The molecule has 1 atom stereocenters. The standard InChI is InChI=1S/C12H19NO3S2/c1-13(6-10(14)7-16-2)12(15)9-17-8-11-4-3-5-18-11/h3-5,10,14H,6-9H2,1-2H3. The van der Waals surface area contributed by atoms with Crippen molar-refractivity contribution in [3.05, 3.63) is 22.4 Å². The lowest BCUT2D eigenvalue weighted by Crippen LogP contribution is -2.37. The summed E-state index contributed by atoms with van der Waals surface area (Å²) in [6.07, 6.45) is -0.619. The van der Waals surface area contributed by atoms with E-state index in [9.17, 15) is 9.90 Å². The van der Waals surface area contributed by atoms with E-state index in [2.05, 4.69) is 6.07 Å². The van der Waals surface area contributed by atoms with Gasteiger partial charge in [0.05, 0.1) is 18.5 Å². The van der Waals surface area contributed by atoms with E-state index in [1.807, 2.05) is 11.4 Å². The molecule has 6 heteroatoms. The molecule has 102 valence electrons. The molecule has 0 saturated heterocycles. The maximum atomic E-state index is 11.8. The minimum atomic E-state index is -0.619. The molecule has 0 spiro atoms. The highest BCUT2D eigenvalue weighted by atomic mass is 32.2. The number of hydrogen-bond donors (Lipinski definition) is 1. The topological polar surface area (TPSA) is 49.8 Å². The van der Waals surface area contributed by atoms with Gasteiger partial charge in [-0.1, -0.05) is 6.07 Å². The molecule has 0 saturated carbocycles. The van der Waals surface area contributed by atoms with E-state index < -0.39 is 6.10 Å². The maximum Gasteiger partial charge on any atom is 0.232 e. The van der Waals surface area contributed by atoms with Gasteiger partial charge in [0.15, 0.2) is 0 Å². The van der Waals surface area contributed by atoms with Gasteiger partial charge in [0.1, 0.15) is 0 Å². The van der Waals surface area contributed by atoms with Crippen LogP contribution in [0.2, 0.25) is 0 Å². The highest BCUT2D eigenvalue weighted by molar-refractivity contribution is 7.99. The Hall–Kier alpha value is -0.560. The predicted octanol–water partition coefficient (Wildman–Crippen LogP) is 1.45. The minimum Gasteiger partial charge on any atom is -0.389 e. The maximum absolute atomic E-state index is 11.8. The van der Waals surface area contributed by atoms with Crippen molar-refractivity contribution in [3.63, 3.8) is 0 Å². The van der Waals surface area contributed by atoms with Gasteiger partial charge < -0.3 is 14.7 Å². The lowest BCUT2D eigenvalue weighted by Gasteiger charge is -2.20. The third kappa shape index (κ3) is 5.86. The number of carbonyl (C=O) groups is 1. The lowest BCUT2D eigenvalue weighted by atomic mass is 10.3. The van der Waals surface area contributed by atoms with Crippen LogP contribution in [0.25, 0.3) is 0 Å². The first-order valence-corrected chi connectivity index (χ1v) is 7.68. The molecule has 0 fully saturated rings. The minimum absolute atomic E-state index is 0.0340. The number of methoxy groups -OCH3 is 1. The fourth-order valence-electron chi connectivity index (χ4n) is 1.41. The summed E-state index contributed by atoms with van der Waals surface area (Å²) in [5.41, 5.74) is 0. The molecule has 1 amide bonds. The molecular formula is C12H19NO3S2. The largest absolute Gasteiger partial charge is 0.389 e. The highest BCUT2D eigenvalue weighted by Gasteiger charge is 2.13. The zero-order valence-corrected chi connectivity index (χ0v) is 12.3. The second-order valence-electron chi connectivity index (χ2n) is 3.96.